The van der Waals surface area contributed by atoms with Gasteiger partial charge in [-0.1, -0.05) is 0 Å². The minimum absolute atomic E-state index is 0.302. The van der Waals surface area contributed by atoms with Crippen LogP contribution in [0.1, 0.15) is 18.9 Å². The van der Waals surface area contributed by atoms with Crippen molar-refractivity contribution in [2.45, 2.75) is 25.8 Å². The van der Waals surface area contributed by atoms with E-state index in [0.29, 0.717) is 48.0 Å². The molecule has 3 aromatic rings. The molecule has 1 atom stereocenters. The molecule has 9 nitrogen and oxygen atoms in total. The Kier molecular flexibility index (Phi) is 4.46. The Hall–Kier alpha value is -3.46. The fourth-order valence-electron chi connectivity index (χ4n) is 3.66. The normalized spacial score (nSPS) is 18.8. The number of nitrogen functional groups attached to an aromatic ring is 2. The number of carboxylic acid groups (broad SMARTS) is 1. The molecule has 1 aliphatic rings. The molecule has 1 saturated heterocycles. The van der Waals surface area contributed by atoms with Crippen molar-refractivity contribution in [1.29, 1.82) is 0 Å². The molecule has 0 aromatic carbocycles. The summed E-state index contributed by atoms with van der Waals surface area (Å²) >= 11 is 0. The maximum absolute atomic E-state index is 12.0. The van der Waals surface area contributed by atoms with E-state index in [1.165, 1.54) is 4.90 Å². The Balaban J connectivity index is 1.86. The van der Waals surface area contributed by atoms with E-state index in [9.17, 15) is 9.90 Å². The Bertz CT molecular complexity index is 1110. The number of nitrogens with zero attached hydrogens (tertiary/aromatic N) is 4. The van der Waals surface area contributed by atoms with Gasteiger partial charge in [0.2, 0.25) is 0 Å². The van der Waals surface area contributed by atoms with Crippen LogP contribution in [0.25, 0.3) is 22.0 Å². The molecule has 1 amide bonds. The molecular weight excluding hydrogens is 372 g/mol. The lowest BCUT2D eigenvalue weighted by molar-refractivity contribution is 0.168. The predicted molar refractivity (Wildman–Crippen MR) is 111 cm³/mol. The van der Waals surface area contributed by atoms with Crippen molar-refractivity contribution >= 4 is 34.2 Å². The largest absolute Gasteiger partial charge is 0.465 e. The summed E-state index contributed by atoms with van der Waals surface area (Å²) in [5.74, 6) is 0.618. The number of nitrogens with two attached hydrogens (primary N) is 2. The molecule has 0 radical (unpaired) electrons. The zero-order chi connectivity index (χ0) is 20.8. The second-order valence-corrected chi connectivity index (χ2v) is 7.48. The number of hydrogen-bond acceptors (Lipinski definition) is 7. The number of ether oxygens (including phenoxy) is 1. The summed E-state index contributed by atoms with van der Waals surface area (Å²) in [6, 6.07) is 3.55. The van der Waals surface area contributed by atoms with Crippen LogP contribution in [0.5, 0.6) is 0 Å². The zero-order valence-electron chi connectivity index (χ0n) is 16.2. The van der Waals surface area contributed by atoms with Gasteiger partial charge in [-0.05, 0) is 43.4 Å². The van der Waals surface area contributed by atoms with Crippen LogP contribution >= 0.6 is 0 Å². The Morgan fingerprint density at radius 1 is 1.28 bits per heavy atom. The first-order valence-electron chi connectivity index (χ1n) is 9.18. The highest BCUT2D eigenvalue weighted by Gasteiger charge is 2.41. The van der Waals surface area contributed by atoms with Gasteiger partial charge in [-0.2, -0.15) is 0 Å². The Morgan fingerprint density at radius 2 is 2.07 bits per heavy atom. The standard InChI is InChI=1S/C20H22N6O3/c1-11-13(7-23-9-15(11)21)16-5-12-6-17(24-8-14(12)18(22)25-16)26(19(27)28)20(2)3-4-29-10-20/h5-9H,3-4,10,21H2,1-2H3,(H2,22,25)(H,27,28). The summed E-state index contributed by atoms with van der Waals surface area (Å²) in [4.78, 5) is 26.3. The molecule has 5 N–H and O–H groups in total. The van der Waals surface area contributed by atoms with E-state index in [-0.39, 0.29) is 0 Å². The topological polar surface area (TPSA) is 140 Å². The summed E-state index contributed by atoms with van der Waals surface area (Å²) in [5.41, 5.74) is 14.3. The molecule has 9 heteroatoms. The van der Waals surface area contributed by atoms with E-state index in [1.807, 2.05) is 19.9 Å². The average Bonchev–Trinajstić information content (AvgIpc) is 3.10. The molecule has 1 fully saturated rings. The van der Waals surface area contributed by atoms with Gasteiger partial charge < -0.3 is 21.3 Å². The molecule has 4 heterocycles. The second-order valence-electron chi connectivity index (χ2n) is 7.48. The maximum Gasteiger partial charge on any atom is 0.413 e. The van der Waals surface area contributed by atoms with Crippen LogP contribution in [0.2, 0.25) is 0 Å². The first-order valence-corrected chi connectivity index (χ1v) is 9.18. The first-order chi connectivity index (χ1) is 13.8. The van der Waals surface area contributed by atoms with Crippen LogP contribution in [0.3, 0.4) is 0 Å². The van der Waals surface area contributed by atoms with Gasteiger partial charge in [0.05, 0.1) is 29.7 Å². The Morgan fingerprint density at radius 3 is 2.76 bits per heavy atom. The van der Waals surface area contributed by atoms with Crippen LogP contribution in [0, 0.1) is 6.92 Å². The zero-order valence-corrected chi connectivity index (χ0v) is 16.2. The Labute approximate surface area is 167 Å². The van der Waals surface area contributed by atoms with Crippen LogP contribution in [-0.4, -0.2) is 44.9 Å². The SMILES string of the molecule is Cc1c(N)cncc1-c1cc2cc(N(C(=O)O)C3(C)CCOC3)ncc2c(N)n1. The highest BCUT2D eigenvalue weighted by molar-refractivity contribution is 5.97. The van der Waals surface area contributed by atoms with Crippen molar-refractivity contribution in [3.63, 3.8) is 0 Å². The molecule has 3 aromatic heterocycles. The highest BCUT2D eigenvalue weighted by atomic mass is 16.5. The minimum atomic E-state index is -1.08. The van der Waals surface area contributed by atoms with Crippen molar-refractivity contribution in [1.82, 2.24) is 15.0 Å². The second kappa shape index (κ2) is 6.85. The van der Waals surface area contributed by atoms with Crippen LogP contribution < -0.4 is 16.4 Å². The van der Waals surface area contributed by atoms with E-state index < -0.39 is 11.6 Å². The number of amides is 1. The number of anilines is 3. The molecule has 0 spiro atoms. The highest BCUT2D eigenvalue weighted by Crippen LogP contribution is 2.34. The summed E-state index contributed by atoms with van der Waals surface area (Å²) in [7, 11) is 0. The van der Waals surface area contributed by atoms with E-state index in [0.717, 1.165) is 16.5 Å². The average molecular weight is 394 g/mol. The summed E-state index contributed by atoms with van der Waals surface area (Å²) in [6.07, 6.45) is 4.33. The number of fused-ring (bicyclic) bond motifs is 1. The lowest BCUT2D eigenvalue weighted by atomic mass is 9.99. The lowest BCUT2D eigenvalue weighted by Gasteiger charge is -2.34. The van der Waals surface area contributed by atoms with Crippen LogP contribution in [0.15, 0.2) is 30.7 Å². The van der Waals surface area contributed by atoms with E-state index in [1.54, 1.807) is 24.7 Å². The maximum atomic E-state index is 12.0. The van der Waals surface area contributed by atoms with Crippen molar-refractivity contribution in [3.8, 4) is 11.3 Å². The van der Waals surface area contributed by atoms with E-state index in [2.05, 4.69) is 15.0 Å². The fourth-order valence-corrected chi connectivity index (χ4v) is 3.66. The van der Waals surface area contributed by atoms with Crippen molar-refractivity contribution in [2.24, 2.45) is 0 Å². The quantitative estimate of drug-likeness (QED) is 0.616. The molecule has 0 bridgehead atoms. The number of hydrogen-bond donors (Lipinski definition) is 3. The van der Waals surface area contributed by atoms with Crippen LogP contribution in [-0.2, 0) is 4.74 Å². The van der Waals surface area contributed by atoms with Gasteiger partial charge in [0.15, 0.2) is 0 Å². The van der Waals surface area contributed by atoms with Gasteiger partial charge in [0, 0.05) is 30.0 Å². The van der Waals surface area contributed by atoms with E-state index >= 15 is 0 Å². The molecule has 0 saturated carbocycles. The lowest BCUT2D eigenvalue weighted by Crippen LogP contribution is -2.50. The number of aromatic nitrogens is 3. The van der Waals surface area contributed by atoms with Crippen molar-refractivity contribution in [3.05, 3.63) is 36.3 Å². The summed E-state index contributed by atoms with van der Waals surface area (Å²) in [5, 5.41) is 11.2. The minimum Gasteiger partial charge on any atom is -0.465 e. The third-order valence-corrected chi connectivity index (χ3v) is 5.42. The molecule has 29 heavy (non-hydrogen) atoms. The third kappa shape index (κ3) is 3.19. The van der Waals surface area contributed by atoms with Gasteiger partial charge in [0.1, 0.15) is 11.6 Å². The summed E-state index contributed by atoms with van der Waals surface area (Å²) < 4.78 is 5.44. The molecular formula is C20H22N6O3. The first kappa shape index (κ1) is 18.9. The smallest absolute Gasteiger partial charge is 0.413 e. The molecule has 0 aliphatic carbocycles. The van der Waals surface area contributed by atoms with E-state index in [4.69, 9.17) is 16.2 Å². The molecule has 1 aliphatic heterocycles. The number of pyridine rings is 3. The summed E-state index contributed by atoms with van der Waals surface area (Å²) in [6.45, 7) is 4.57. The van der Waals surface area contributed by atoms with Crippen LogP contribution in [0.4, 0.5) is 22.1 Å². The molecule has 4 rings (SSSR count). The van der Waals surface area contributed by atoms with Crippen molar-refractivity contribution in [2.75, 3.05) is 29.6 Å². The molecule has 1 unspecified atom stereocenters. The predicted octanol–water partition coefficient (Wildman–Crippen LogP) is 2.83. The van der Waals surface area contributed by atoms with Crippen molar-refractivity contribution < 1.29 is 14.6 Å². The van der Waals surface area contributed by atoms with Gasteiger partial charge in [-0.3, -0.25) is 9.88 Å². The van der Waals surface area contributed by atoms with Gasteiger partial charge in [-0.15, -0.1) is 0 Å². The number of rotatable bonds is 3. The monoisotopic (exact) mass is 394 g/mol. The van der Waals surface area contributed by atoms with Gasteiger partial charge in [0.25, 0.3) is 0 Å². The molecule has 150 valence electrons. The number of carbonyl (C=O) groups is 1. The fraction of sp³-hybridized carbons (Fsp3) is 0.300. The van der Waals surface area contributed by atoms with Gasteiger partial charge >= 0.3 is 6.09 Å². The third-order valence-electron chi connectivity index (χ3n) is 5.42. The van der Waals surface area contributed by atoms with Gasteiger partial charge in [-0.25, -0.2) is 14.8 Å².